The van der Waals surface area contributed by atoms with Gasteiger partial charge in [0.15, 0.2) is 0 Å². The Kier molecular flexibility index (Phi) is 8.92. The van der Waals surface area contributed by atoms with Gasteiger partial charge in [0.25, 0.3) is 0 Å². The van der Waals surface area contributed by atoms with Crippen LogP contribution in [0, 0.1) is 0 Å². The number of hydrogen-bond acceptors (Lipinski definition) is 2. The van der Waals surface area contributed by atoms with E-state index in [1.807, 2.05) is 20.8 Å². The van der Waals surface area contributed by atoms with Crippen LogP contribution in [-0.2, 0) is 11.4 Å². The third kappa shape index (κ3) is 7.77. The smallest absolute Gasteiger partial charge is 0.144 e. The summed E-state index contributed by atoms with van der Waals surface area (Å²) in [5, 5.41) is 0. The van der Waals surface area contributed by atoms with E-state index in [-0.39, 0.29) is 4.75 Å². The third-order valence-corrected chi connectivity index (χ3v) is 3.94. The van der Waals surface area contributed by atoms with Gasteiger partial charge in [-0.15, -0.1) is 23.2 Å². The Hall–Kier alpha value is 0.560. The van der Waals surface area contributed by atoms with Gasteiger partial charge in [0.2, 0.25) is 0 Å². The molecule has 0 aliphatic rings. The molecule has 0 saturated carbocycles. The number of alkyl halides is 2. The van der Waals surface area contributed by atoms with Crippen LogP contribution < -0.4 is 0 Å². The van der Waals surface area contributed by atoms with Crippen molar-refractivity contribution in [1.82, 2.24) is 0 Å². The normalized spacial score (nSPS) is 13.6. The Morgan fingerprint density at radius 2 is 1.56 bits per heavy atom. The molecule has 5 heteroatoms. The summed E-state index contributed by atoms with van der Waals surface area (Å²) >= 11 is 10.1. The highest BCUT2D eigenvalue weighted by atomic mass is 35.5. The quantitative estimate of drug-likeness (QED) is 0.397. The van der Waals surface area contributed by atoms with Gasteiger partial charge in [-0.3, -0.25) is 0 Å². The van der Waals surface area contributed by atoms with Crippen LogP contribution >= 0.6 is 23.2 Å². The molecule has 0 rings (SSSR count). The fourth-order valence-corrected chi connectivity index (χ4v) is 1.97. The van der Waals surface area contributed by atoms with Gasteiger partial charge in [0, 0.05) is 11.8 Å². The molecule has 0 aromatic carbocycles. The third-order valence-electron chi connectivity index (χ3n) is 1.93. The minimum atomic E-state index is -1.17. The Morgan fingerprint density at radius 1 is 1.12 bits per heavy atom. The lowest BCUT2D eigenvalue weighted by molar-refractivity contribution is 0.561. The first-order valence-corrected chi connectivity index (χ1v) is 7.69. The molecule has 0 aliphatic carbocycles. The average molecular weight is 286 g/mol. The van der Waals surface area contributed by atoms with Crippen molar-refractivity contribution in [2.45, 2.75) is 51.2 Å². The van der Waals surface area contributed by atoms with Crippen molar-refractivity contribution in [3.05, 3.63) is 0 Å². The lowest BCUT2D eigenvalue weighted by Crippen LogP contribution is -2.27. The maximum Gasteiger partial charge on any atom is 0.144 e. The number of halogens is 2. The highest BCUT2D eigenvalue weighted by Crippen LogP contribution is 2.19. The van der Waals surface area contributed by atoms with Crippen LogP contribution in [-0.4, -0.2) is 26.8 Å². The summed E-state index contributed by atoms with van der Waals surface area (Å²) in [7, 11) is 0. The topological polar surface area (TPSA) is 35.4 Å². The maximum absolute atomic E-state index is 11.9. The molecule has 0 spiro atoms. The van der Waals surface area contributed by atoms with Gasteiger partial charge in [0.1, 0.15) is 16.1 Å². The van der Waals surface area contributed by atoms with Gasteiger partial charge in [-0.2, -0.15) is 0 Å². The zero-order chi connectivity index (χ0) is 12.6. The molecule has 0 aromatic heterocycles. The van der Waals surface area contributed by atoms with Crippen molar-refractivity contribution in [1.29, 1.82) is 0 Å². The minimum Gasteiger partial charge on any atom is -0.591 e. The molecule has 96 valence electrons. The van der Waals surface area contributed by atoms with E-state index >= 15 is 0 Å². The highest BCUT2D eigenvalue weighted by Gasteiger charge is 2.26. The largest absolute Gasteiger partial charge is 0.591 e. The summed E-state index contributed by atoms with van der Waals surface area (Å²) in [5.74, 6) is 1.23. The van der Waals surface area contributed by atoms with E-state index in [0.29, 0.717) is 11.8 Å². The monoisotopic (exact) mass is 285 g/mol. The molecule has 2 nitrogen and oxygen atoms in total. The predicted molar refractivity (Wildman–Crippen MR) is 75.2 cm³/mol. The van der Waals surface area contributed by atoms with Gasteiger partial charge in [-0.05, 0) is 46.5 Å². The first-order chi connectivity index (χ1) is 7.41. The van der Waals surface area contributed by atoms with E-state index in [9.17, 15) is 4.55 Å². The molecule has 0 amide bonds. The van der Waals surface area contributed by atoms with Crippen LogP contribution in [0.2, 0.25) is 0 Å². The van der Waals surface area contributed by atoms with Crippen molar-refractivity contribution in [2.75, 3.05) is 11.8 Å². The fraction of sp³-hybridized carbons (Fsp3) is 0.909. The van der Waals surface area contributed by atoms with Gasteiger partial charge in [-0.1, -0.05) is 4.40 Å². The van der Waals surface area contributed by atoms with Gasteiger partial charge >= 0.3 is 0 Å². The molecule has 16 heavy (non-hydrogen) atoms. The van der Waals surface area contributed by atoms with E-state index in [1.54, 1.807) is 0 Å². The highest BCUT2D eigenvalue weighted by molar-refractivity contribution is 7.91. The van der Waals surface area contributed by atoms with Crippen LogP contribution in [0.15, 0.2) is 4.40 Å². The Balaban J connectivity index is 4.40. The molecule has 0 aromatic rings. The minimum absolute atomic E-state index is 0.298. The number of nitrogens with zero attached hydrogens (tertiary/aromatic N) is 1. The SMILES string of the molecule is CC(C)(C)[S+]([O-])N=C(CCCCl)CCCCl. The van der Waals surface area contributed by atoms with E-state index in [0.717, 1.165) is 31.4 Å². The Labute approximate surface area is 112 Å². The fourth-order valence-electron chi connectivity index (χ4n) is 1.01. The van der Waals surface area contributed by atoms with Crippen LogP contribution in [0.5, 0.6) is 0 Å². The lowest BCUT2D eigenvalue weighted by Gasteiger charge is -2.19. The molecule has 0 N–H and O–H groups in total. The van der Waals surface area contributed by atoms with Gasteiger partial charge < -0.3 is 4.55 Å². The Bertz CT molecular complexity index is 207. The second-order valence-electron chi connectivity index (χ2n) is 4.60. The molecule has 0 bridgehead atoms. The van der Waals surface area contributed by atoms with Gasteiger partial charge in [-0.25, -0.2) is 0 Å². The predicted octanol–water partition coefficient (Wildman–Crippen LogP) is 3.93. The molecule has 1 unspecified atom stereocenters. The van der Waals surface area contributed by atoms with Crippen LogP contribution in [0.25, 0.3) is 0 Å². The summed E-state index contributed by atoms with van der Waals surface area (Å²) in [4.78, 5) is 0. The van der Waals surface area contributed by atoms with Crippen LogP contribution in [0.1, 0.15) is 46.5 Å². The summed E-state index contributed by atoms with van der Waals surface area (Å²) in [6.45, 7) is 5.77. The molecular formula is C11H21Cl2NOS. The zero-order valence-electron chi connectivity index (χ0n) is 10.3. The Morgan fingerprint density at radius 3 is 1.88 bits per heavy atom. The molecule has 1 atom stereocenters. The zero-order valence-corrected chi connectivity index (χ0v) is 12.6. The van der Waals surface area contributed by atoms with Crippen molar-refractivity contribution >= 4 is 40.3 Å². The lowest BCUT2D eigenvalue weighted by atomic mass is 10.1. The van der Waals surface area contributed by atoms with Gasteiger partial charge in [0.05, 0.1) is 5.71 Å². The number of hydrogen-bond donors (Lipinski definition) is 0. The molecular weight excluding hydrogens is 265 g/mol. The van der Waals surface area contributed by atoms with Crippen molar-refractivity contribution in [3.63, 3.8) is 0 Å². The summed E-state index contributed by atoms with van der Waals surface area (Å²) < 4.78 is 15.9. The van der Waals surface area contributed by atoms with E-state index in [2.05, 4.69) is 4.40 Å². The van der Waals surface area contributed by atoms with Crippen molar-refractivity contribution < 1.29 is 4.55 Å². The van der Waals surface area contributed by atoms with Crippen molar-refractivity contribution in [2.24, 2.45) is 4.40 Å². The molecule has 0 fully saturated rings. The average Bonchev–Trinajstić information content (AvgIpc) is 2.20. The second kappa shape index (κ2) is 8.62. The second-order valence-corrected chi connectivity index (χ2v) is 7.27. The van der Waals surface area contributed by atoms with Crippen LogP contribution in [0.3, 0.4) is 0 Å². The number of rotatable bonds is 7. The molecule has 0 saturated heterocycles. The summed E-state index contributed by atoms with van der Waals surface area (Å²) in [6, 6.07) is 0. The first-order valence-electron chi connectivity index (χ1n) is 5.52. The standard InChI is InChI=1S/C11H21Cl2NOS/c1-11(2,3)16(15)14-10(6-4-8-12)7-5-9-13/h4-9H2,1-3H3. The molecule has 0 aliphatic heterocycles. The first kappa shape index (κ1) is 16.6. The van der Waals surface area contributed by atoms with Crippen molar-refractivity contribution in [3.8, 4) is 0 Å². The maximum atomic E-state index is 11.9. The van der Waals surface area contributed by atoms with E-state index < -0.39 is 11.4 Å². The van der Waals surface area contributed by atoms with Crippen LogP contribution in [0.4, 0.5) is 0 Å². The van der Waals surface area contributed by atoms with E-state index in [4.69, 9.17) is 23.2 Å². The van der Waals surface area contributed by atoms with E-state index in [1.165, 1.54) is 0 Å². The molecule has 0 heterocycles. The summed E-state index contributed by atoms with van der Waals surface area (Å²) in [6.07, 6.45) is 3.40. The molecule has 0 radical (unpaired) electrons. The summed E-state index contributed by atoms with van der Waals surface area (Å²) in [5.41, 5.74) is 0.981.